The van der Waals surface area contributed by atoms with Crippen LogP contribution in [0.25, 0.3) is 0 Å². The van der Waals surface area contributed by atoms with Crippen LogP contribution in [-0.2, 0) is 6.54 Å². The number of fused-ring (bicyclic) bond motifs is 1. The predicted octanol–water partition coefficient (Wildman–Crippen LogP) is 3.37. The Morgan fingerprint density at radius 2 is 1.89 bits per heavy atom. The second kappa shape index (κ2) is 5.68. The maximum absolute atomic E-state index is 9.72. The van der Waals surface area contributed by atoms with Crippen molar-refractivity contribution in [1.29, 1.82) is 0 Å². The first-order valence-corrected chi connectivity index (χ1v) is 7.52. The van der Waals surface area contributed by atoms with Gasteiger partial charge in [-0.15, -0.1) is 11.8 Å². The molecule has 1 aliphatic rings. The summed E-state index contributed by atoms with van der Waals surface area (Å²) in [5.74, 6) is 2.09. The van der Waals surface area contributed by atoms with Gasteiger partial charge in [0.1, 0.15) is 5.75 Å². The maximum atomic E-state index is 9.72. The molecule has 3 rings (SSSR count). The van der Waals surface area contributed by atoms with Crippen molar-refractivity contribution in [3.63, 3.8) is 0 Å². The lowest BCUT2D eigenvalue weighted by Crippen LogP contribution is -2.21. The molecule has 0 bridgehead atoms. The summed E-state index contributed by atoms with van der Waals surface area (Å²) < 4.78 is 0. The highest BCUT2D eigenvalue weighted by atomic mass is 32.2. The van der Waals surface area contributed by atoms with Gasteiger partial charge in [-0.3, -0.25) is 0 Å². The SMILES string of the molecule is Oc1ccccc1CNCC1CSc2ccccc21. The van der Waals surface area contributed by atoms with E-state index < -0.39 is 0 Å². The molecule has 1 unspecified atom stereocenters. The Hall–Kier alpha value is -1.45. The minimum atomic E-state index is 0.371. The molecular formula is C16H17NOS. The molecule has 3 heteroatoms. The molecule has 0 amide bonds. The van der Waals surface area contributed by atoms with Crippen LogP contribution in [-0.4, -0.2) is 17.4 Å². The van der Waals surface area contributed by atoms with Crippen molar-refractivity contribution in [1.82, 2.24) is 5.32 Å². The number of nitrogens with one attached hydrogen (secondary N) is 1. The van der Waals surface area contributed by atoms with Gasteiger partial charge in [0, 0.05) is 35.2 Å². The average molecular weight is 271 g/mol. The number of benzene rings is 2. The van der Waals surface area contributed by atoms with Gasteiger partial charge in [0.05, 0.1) is 0 Å². The first-order valence-electron chi connectivity index (χ1n) is 6.54. The summed E-state index contributed by atoms with van der Waals surface area (Å²) >= 11 is 1.94. The number of thioether (sulfide) groups is 1. The van der Waals surface area contributed by atoms with Gasteiger partial charge in [-0.2, -0.15) is 0 Å². The van der Waals surface area contributed by atoms with Crippen molar-refractivity contribution in [3.8, 4) is 5.75 Å². The van der Waals surface area contributed by atoms with Gasteiger partial charge >= 0.3 is 0 Å². The number of phenols is 1. The fraction of sp³-hybridized carbons (Fsp3) is 0.250. The second-order valence-electron chi connectivity index (χ2n) is 4.81. The van der Waals surface area contributed by atoms with Crippen LogP contribution < -0.4 is 5.32 Å². The number of phenolic OH excluding ortho intramolecular Hbond substituents is 1. The van der Waals surface area contributed by atoms with Crippen LogP contribution in [0.2, 0.25) is 0 Å². The van der Waals surface area contributed by atoms with Crippen LogP contribution in [0.3, 0.4) is 0 Å². The van der Waals surface area contributed by atoms with Crippen molar-refractivity contribution < 1.29 is 5.11 Å². The lowest BCUT2D eigenvalue weighted by molar-refractivity contribution is 0.463. The number of aromatic hydroxyl groups is 1. The van der Waals surface area contributed by atoms with Gasteiger partial charge in [0.25, 0.3) is 0 Å². The number of hydrogen-bond donors (Lipinski definition) is 2. The van der Waals surface area contributed by atoms with Crippen molar-refractivity contribution in [3.05, 3.63) is 59.7 Å². The summed E-state index contributed by atoms with van der Waals surface area (Å²) in [6.45, 7) is 1.67. The summed E-state index contributed by atoms with van der Waals surface area (Å²) in [5.41, 5.74) is 2.42. The fourth-order valence-corrected chi connectivity index (χ4v) is 3.69. The van der Waals surface area contributed by atoms with Gasteiger partial charge in [-0.05, 0) is 17.7 Å². The Kier molecular flexibility index (Phi) is 3.76. The Morgan fingerprint density at radius 3 is 2.79 bits per heavy atom. The molecule has 0 radical (unpaired) electrons. The molecule has 98 valence electrons. The Balaban J connectivity index is 1.58. The maximum Gasteiger partial charge on any atom is 0.120 e. The molecule has 0 saturated heterocycles. The van der Waals surface area contributed by atoms with Gasteiger partial charge in [-0.1, -0.05) is 36.4 Å². The quantitative estimate of drug-likeness (QED) is 0.894. The molecule has 19 heavy (non-hydrogen) atoms. The zero-order valence-corrected chi connectivity index (χ0v) is 11.5. The fourth-order valence-electron chi connectivity index (χ4n) is 2.44. The summed E-state index contributed by atoms with van der Waals surface area (Å²) in [5, 5.41) is 13.2. The molecule has 0 saturated carbocycles. The van der Waals surface area contributed by atoms with Crippen LogP contribution in [0.1, 0.15) is 17.0 Å². The molecule has 0 fully saturated rings. The standard InChI is InChI=1S/C16H17NOS/c18-15-7-3-1-5-12(15)9-17-10-13-11-19-16-8-4-2-6-14(13)16/h1-8,13,17-18H,9-11H2. The van der Waals surface area contributed by atoms with Crippen molar-refractivity contribution in [2.45, 2.75) is 17.4 Å². The Bertz CT molecular complexity index is 570. The smallest absolute Gasteiger partial charge is 0.120 e. The minimum absolute atomic E-state index is 0.371. The molecule has 0 spiro atoms. The molecule has 2 aromatic carbocycles. The van der Waals surface area contributed by atoms with E-state index in [0.717, 1.165) is 24.4 Å². The number of hydrogen-bond acceptors (Lipinski definition) is 3. The van der Waals surface area contributed by atoms with Crippen LogP contribution in [0, 0.1) is 0 Å². The summed E-state index contributed by atoms with van der Waals surface area (Å²) in [4.78, 5) is 1.41. The highest BCUT2D eigenvalue weighted by Gasteiger charge is 2.21. The third-order valence-electron chi connectivity index (χ3n) is 3.50. The van der Waals surface area contributed by atoms with Crippen molar-refractivity contribution >= 4 is 11.8 Å². The van der Waals surface area contributed by atoms with E-state index in [-0.39, 0.29) is 0 Å². The molecule has 1 heterocycles. The Labute approximate surface area is 117 Å². The largest absolute Gasteiger partial charge is 0.508 e. The van der Waals surface area contributed by atoms with E-state index >= 15 is 0 Å². The first kappa shape index (κ1) is 12.6. The molecule has 2 nitrogen and oxygen atoms in total. The van der Waals surface area contributed by atoms with Crippen LogP contribution in [0.15, 0.2) is 53.4 Å². The van der Waals surface area contributed by atoms with Gasteiger partial charge in [0.2, 0.25) is 0 Å². The van der Waals surface area contributed by atoms with E-state index in [4.69, 9.17) is 0 Å². The molecular weight excluding hydrogens is 254 g/mol. The molecule has 2 N–H and O–H groups in total. The van der Waals surface area contributed by atoms with Gasteiger partial charge < -0.3 is 10.4 Å². The summed E-state index contributed by atoms with van der Waals surface area (Å²) in [7, 11) is 0. The zero-order valence-electron chi connectivity index (χ0n) is 10.7. The summed E-state index contributed by atoms with van der Waals surface area (Å²) in [6, 6.07) is 16.1. The van der Waals surface area contributed by atoms with Crippen LogP contribution in [0.5, 0.6) is 5.75 Å². The van der Waals surface area contributed by atoms with Crippen LogP contribution >= 0.6 is 11.8 Å². The second-order valence-corrected chi connectivity index (χ2v) is 5.87. The topological polar surface area (TPSA) is 32.3 Å². The lowest BCUT2D eigenvalue weighted by Gasteiger charge is -2.12. The monoisotopic (exact) mass is 271 g/mol. The van der Waals surface area contributed by atoms with E-state index in [1.807, 2.05) is 30.0 Å². The van der Waals surface area contributed by atoms with E-state index in [1.165, 1.54) is 10.5 Å². The zero-order chi connectivity index (χ0) is 13.1. The molecule has 0 aromatic heterocycles. The lowest BCUT2D eigenvalue weighted by atomic mass is 10.0. The number of rotatable bonds is 4. The first-order chi connectivity index (χ1) is 9.34. The minimum Gasteiger partial charge on any atom is -0.508 e. The van der Waals surface area contributed by atoms with Crippen molar-refractivity contribution in [2.75, 3.05) is 12.3 Å². The predicted molar refractivity (Wildman–Crippen MR) is 79.7 cm³/mol. The van der Waals surface area contributed by atoms with Gasteiger partial charge in [0.15, 0.2) is 0 Å². The highest BCUT2D eigenvalue weighted by Crippen LogP contribution is 2.38. The normalized spacial score (nSPS) is 17.4. The number of para-hydroxylation sites is 1. The Morgan fingerprint density at radius 1 is 1.11 bits per heavy atom. The molecule has 1 atom stereocenters. The molecule has 0 aliphatic carbocycles. The third-order valence-corrected chi connectivity index (χ3v) is 4.75. The highest BCUT2D eigenvalue weighted by molar-refractivity contribution is 7.99. The van der Waals surface area contributed by atoms with E-state index in [2.05, 4.69) is 29.6 Å². The van der Waals surface area contributed by atoms with Crippen molar-refractivity contribution in [2.24, 2.45) is 0 Å². The van der Waals surface area contributed by atoms with E-state index in [1.54, 1.807) is 6.07 Å². The summed E-state index contributed by atoms with van der Waals surface area (Å²) in [6.07, 6.45) is 0. The van der Waals surface area contributed by atoms with Gasteiger partial charge in [-0.25, -0.2) is 0 Å². The van der Waals surface area contributed by atoms with E-state index in [0.29, 0.717) is 11.7 Å². The third kappa shape index (κ3) is 2.77. The molecule has 1 aliphatic heterocycles. The van der Waals surface area contributed by atoms with E-state index in [9.17, 15) is 5.11 Å². The average Bonchev–Trinajstić information content (AvgIpc) is 2.85. The van der Waals surface area contributed by atoms with Crippen LogP contribution in [0.4, 0.5) is 0 Å². The molecule has 2 aromatic rings.